The molecule has 2 aromatic carbocycles. The van der Waals surface area contributed by atoms with Crippen LogP contribution in [0.1, 0.15) is 41.3 Å². The van der Waals surface area contributed by atoms with Gasteiger partial charge in [0.15, 0.2) is 5.78 Å². The van der Waals surface area contributed by atoms with E-state index < -0.39 is 0 Å². The minimum atomic E-state index is 0.0853. The number of aryl methyl sites for hydroxylation is 1. The van der Waals surface area contributed by atoms with Crippen LogP contribution in [0.2, 0.25) is 0 Å². The summed E-state index contributed by atoms with van der Waals surface area (Å²) < 4.78 is 2.01. The molecule has 0 saturated carbocycles. The lowest BCUT2D eigenvalue weighted by Gasteiger charge is -2.06. The maximum Gasteiger partial charge on any atom is 0.195 e. The van der Waals surface area contributed by atoms with E-state index in [9.17, 15) is 4.79 Å². The molecular formula is C19H19NO. The van der Waals surface area contributed by atoms with Gasteiger partial charge in [0.05, 0.1) is 0 Å². The monoisotopic (exact) mass is 277 g/mol. The van der Waals surface area contributed by atoms with Gasteiger partial charge in [-0.25, -0.2) is 0 Å². The van der Waals surface area contributed by atoms with Crippen LogP contribution >= 0.6 is 0 Å². The molecule has 0 aliphatic rings. The number of fused-ring (bicyclic) bond motifs is 1. The first-order chi connectivity index (χ1) is 10.1. The molecule has 0 N–H and O–H groups in total. The van der Waals surface area contributed by atoms with Crippen molar-refractivity contribution in [3.8, 4) is 0 Å². The van der Waals surface area contributed by atoms with Gasteiger partial charge in [-0.05, 0) is 17.5 Å². The first-order valence-corrected chi connectivity index (χ1v) is 7.26. The van der Waals surface area contributed by atoms with Crippen LogP contribution < -0.4 is 0 Å². The van der Waals surface area contributed by atoms with E-state index in [0.717, 1.165) is 22.0 Å². The Morgan fingerprint density at radius 1 is 1.00 bits per heavy atom. The lowest BCUT2D eigenvalue weighted by molar-refractivity contribution is 0.104. The van der Waals surface area contributed by atoms with E-state index in [1.807, 2.05) is 66.3 Å². The third kappa shape index (κ3) is 2.38. The SMILES string of the molecule is CC(C)c1ccc(C(=O)c2cn(C)c3ccccc23)cc1. The zero-order valence-electron chi connectivity index (χ0n) is 12.6. The number of para-hydroxylation sites is 1. The lowest BCUT2D eigenvalue weighted by Crippen LogP contribution is -2.01. The van der Waals surface area contributed by atoms with Gasteiger partial charge in [-0.3, -0.25) is 4.79 Å². The van der Waals surface area contributed by atoms with Gasteiger partial charge in [0.1, 0.15) is 0 Å². The molecule has 1 aromatic heterocycles. The Labute approximate surface area is 125 Å². The van der Waals surface area contributed by atoms with Crippen LogP contribution in [-0.2, 0) is 7.05 Å². The summed E-state index contributed by atoms with van der Waals surface area (Å²) in [5.41, 5.74) is 3.85. The number of rotatable bonds is 3. The Balaban J connectivity index is 2.04. The smallest absolute Gasteiger partial charge is 0.195 e. The number of ketones is 1. The van der Waals surface area contributed by atoms with Gasteiger partial charge >= 0.3 is 0 Å². The van der Waals surface area contributed by atoms with E-state index in [-0.39, 0.29) is 5.78 Å². The molecule has 0 spiro atoms. The van der Waals surface area contributed by atoms with Crippen LogP contribution in [0.5, 0.6) is 0 Å². The average Bonchev–Trinajstić information content (AvgIpc) is 2.84. The molecule has 2 nitrogen and oxygen atoms in total. The number of hydrogen-bond donors (Lipinski definition) is 0. The summed E-state index contributed by atoms with van der Waals surface area (Å²) in [5, 5.41) is 1.01. The predicted octanol–water partition coefficient (Wildman–Crippen LogP) is 4.53. The van der Waals surface area contributed by atoms with Crippen LogP contribution in [0, 0.1) is 0 Å². The van der Waals surface area contributed by atoms with Crippen LogP contribution in [-0.4, -0.2) is 10.4 Å². The molecule has 3 rings (SSSR count). The summed E-state index contributed by atoms with van der Waals surface area (Å²) in [5.74, 6) is 0.564. The van der Waals surface area contributed by atoms with Crippen molar-refractivity contribution in [1.82, 2.24) is 4.57 Å². The molecule has 0 fully saturated rings. The topological polar surface area (TPSA) is 22.0 Å². The summed E-state index contributed by atoms with van der Waals surface area (Å²) in [6, 6.07) is 16.0. The van der Waals surface area contributed by atoms with Crippen molar-refractivity contribution in [2.75, 3.05) is 0 Å². The first kappa shape index (κ1) is 13.6. The fourth-order valence-electron chi connectivity index (χ4n) is 2.70. The van der Waals surface area contributed by atoms with Gasteiger partial charge in [-0.1, -0.05) is 56.3 Å². The van der Waals surface area contributed by atoms with Gasteiger partial charge in [0.25, 0.3) is 0 Å². The molecule has 0 bridgehead atoms. The second kappa shape index (κ2) is 5.21. The third-order valence-corrected chi connectivity index (χ3v) is 3.98. The number of benzene rings is 2. The quantitative estimate of drug-likeness (QED) is 0.644. The second-order valence-corrected chi connectivity index (χ2v) is 5.78. The Hall–Kier alpha value is -2.35. The molecule has 3 aromatic rings. The number of hydrogen-bond acceptors (Lipinski definition) is 1. The standard InChI is InChI=1S/C19H19NO/c1-13(2)14-8-10-15(11-9-14)19(21)17-12-20(3)18-7-5-4-6-16(17)18/h4-13H,1-3H3. The minimum absolute atomic E-state index is 0.0853. The molecule has 21 heavy (non-hydrogen) atoms. The van der Waals surface area contributed by atoms with Gasteiger partial charge < -0.3 is 4.57 Å². The molecule has 106 valence electrons. The van der Waals surface area contributed by atoms with Crippen LogP contribution in [0.4, 0.5) is 0 Å². The summed E-state index contributed by atoms with van der Waals surface area (Å²) in [6.45, 7) is 4.31. The van der Waals surface area contributed by atoms with Gasteiger partial charge in [-0.15, -0.1) is 0 Å². The third-order valence-electron chi connectivity index (χ3n) is 3.98. The normalized spacial score (nSPS) is 11.2. The number of carbonyl (C=O) groups excluding carboxylic acids is 1. The zero-order valence-corrected chi connectivity index (χ0v) is 12.6. The van der Waals surface area contributed by atoms with Gasteiger partial charge in [0, 0.05) is 35.3 Å². The molecular weight excluding hydrogens is 258 g/mol. The van der Waals surface area contributed by atoms with Crippen molar-refractivity contribution in [2.45, 2.75) is 19.8 Å². The van der Waals surface area contributed by atoms with Crippen LogP contribution in [0.25, 0.3) is 10.9 Å². The van der Waals surface area contributed by atoms with Crippen molar-refractivity contribution in [1.29, 1.82) is 0 Å². The maximum atomic E-state index is 12.7. The zero-order chi connectivity index (χ0) is 15.0. The highest BCUT2D eigenvalue weighted by Crippen LogP contribution is 2.24. The van der Waals surface area contributed by atoms with E-state index in [1.165, 1.54) is 5.56 Å². The Bertz CT molecular complexity index is 794. The van der Waals surface area contributed by atoms with Gasteiger partial charge in [-0.2, -0.15) is 0 Å². The van der Waals surface area contributed by atoms with Crippen molar-refractivity contribution in [3.63, 3.8) is 0 Å². The Morgan fingerprint density at radius 2 is 1.67 bits per heavy atom. The summed E-state index contributed by atoms with van der Waals surface area (Å²) in [7, 11) is 1.97. The summed E-state index contributed by atoms with van der Waals surface area (Å²) >= 11 is 0. The Kier molecular flexibility index (Phi) is 3.38. The number of aromatic nitrogens is 1. The second-order valence-electron chi connectivity index (χ2n) is 5.78. The van der Waals surface area contributed by atoms with Crippen molar-refractivity contribution in [2.24, 2.45) is 7.05 Å². The largest absolute Gasteiger partial charge is 0.350 e. The highest BCUT2D eigenvalue weighted by molar-refractivity contribution is 6.16. The van der Waals surface area contributed by atoms with Crippen molar-refractivity contribution in [3.05, 3.63) is 71.4 Å². The van der Waals surface area contributed by atoms with E-state index in [0.29, 0.717) is 5.92 Å². The van der Waals surface area contributed by atoms with Crippen molar-refractivity contribution < 1.29 is 4.79 Å². The molecule has 0 atom stereocenters. The number of nitrogens with zero attached hydrogens (tertiary/aromatic N) is 1. The van der Waals surface area contributed by atoms with Crippen molar-refractivity contribution >= 4 is 16.7 Å². The van der Waals surface area contributed by atoms with Crippen LogP contribution in [0.3, 0.4) is 0 Å². The molecule has 1 heterocycles. The van der Waals surface area contributed by atoms with Crippen LogP contribution in [0.15, 0.2) is 54.7 Å². The molecule has 0 amide bonds. The predicted molar refractivity (Wildman–Crippen MR) is 86.9 cm³/mol. The highest BCUT2D eigenvalue weighted by Gasteiger charge is 2.15. The fourth-order valence-corrected chi connectivity index (χ4v) is 2.70. The average molecular weight is 277 g/mol. The first-order valence-electron chi connectivity index (χ1n) is 7.26. The maximum absolute atomic E-state index is 12.7. The molecule has 2 heteroatoms. The lowest BCUT2D eigenvalue weighted by atomic mass is 9.98. The molecule has 0 saturated heterocycles. The minimum Gasteiger partial charge on any atom is -0.350 e. The summed E-state index contributed by atoms with van der Waals surface area (Å²) in [4.78, 5) is 12.7. The number of carbonyl (C=O) groups is 1. The molecule has 0 aliphatic heterocycles. The molecule has 0 aliphatic carbocycles. The summed E-state index contributed by atoms with van der Waals surface area (Å²) in [6.07, 6.45) is 1.92. The van der Waals surface area contributed by atoms with E-state index in [2.05, 4.69) is 13.8 Å². The highest BCUT2D eigenvalue weighted by atomic mass is 16.1. The Morgan fingerprint density at radius 3 is 2.33 bits per heavy atom. The molecule has 0 radical (unpaired) electrons. The fraction of sp³-hybridized carbons (Fsp3) is 0.211. The van der Waals surface area contributed by atoms with E-state index in [1.54, 1.807) is 0 Å². The van der Waals surface area contributed by atoms with E-state index in [4.69, 9.17) is 0 Å². The van der Waals surface area contributed by atoms with E-state index >= 15 is 0 Å². The van der Waals surface area contributed by atoms with Gasteiger partial charge in [0.2, 0.25) is 0 Å². The molecule has 0 unspecified atom stereocenters.